The van der Waals surface area contributed by atoms with Gasteiger partial charge in [0, 0.05) is 17.8 Å². The molecule has 5 rings (SSSR count). The highest BCUT2D eigenvalue weighted by molar-refractivity contribution is 6.10. The molecular formula is C40H44N2O6. The number of aliphatic carboxylic acids is 1. The summed E-state index contributed by atoms with van der Waals surface area (Å²) in [5, 5.41) is 9.68. The average molecular weight is 649 g/mol. The van der Waals surface area contributed by atoms with Crippen LogP contribution in [0.15, 0.2) is 78.9 Å². The van der Waals surface area contributed by atoms with E-state index in [2.05, 4.69) is 25.8 Å². The van der Waals surface area contributed by atoms with Gasteiger partial charge in [-0.1, -0.05) is 58.0 Å². The van der Waals surface area contributed by atoms with Gasteiger partial charge in [-0.2, -0.15) is 0 Å². The number of methoxy groups -OCH3 is 1. The van der Waals surface area contributed by atoms with Crippen LogP contribution in [0.1, 0.15) is 84.0 Å². The van der Waals surface area contributed by atoms with E-state index in [0.717, 1.165) is 29.7 Å². The molecule has 2 atom stereocenters. The first-order chi connectivity index (χ1) is 22.8. The number of carbonyl (C=O) groups excluding carboxylic acids is 2. The Balaban J connectivity index is 1.45. The van der Waals surface area contributed by atoms with Crippen LogP contribution in [0.3, 0.4) is 0 Å². The lowest BCUT2D eigenvalue weighted by atomic mass is 9.83. The highest BCUT2D eigenvalue weighted by Crippen LogP contribution is 2.47. The first-order valence-corrected chi connectivity index (χ1v) is 16.4. The van der Waals surface area contributed by atoms with Crippen LogP contribution in [-0.4, -0.2) is 41.6 Å². The van der Waals surface area contributed by atoms with E-state index in [1.54, 1.807) is 55.3 Å². The van der Waals surface area contributed by atoms with Gasteiger partial charge in [-0.15, -0.1) is 0 Å². The van der Waals surface area contributed by atoms with Gasteiger partial charge in [-0.05, 0) is 115 Å². The van der Waals surface area contributed by atoms with Crippen molar-refractivity contribution in [2.45, 2.75) is 60.3 Å². The van der Waals surface area contributed by atoms with E-state index in [1.807, 2.05) is 56.3 Å². The second kappa shape index (κ2) is 14.0. The monoisotopic (exact) mass is 648 g/mol. The van der Waals surface area contributed by atoms with Crippen LogP contribution < -0.4 is 14.4 Å². The van der Waals surface area contributed by atoms with Crippen molar-refractivity contribution in [3.63, 3.8) is 0 Å². The third-order valence-corrected chi connectivity index (χ3v) is 8.75. The number of aromatic nitrogens is 1. The third-order valence-electron chi connectivity index (χ3n) is 8.75. The molecule has 1 N–H and O–H groups in total. The fraction of sp³-hybridized carbons (Fsp3) is 0.350. The minimum atomic E-state index is -0.834. The van der Waals surface area contributed by atoms with E-state index >= 15 is 0 Å². The van der Waals surface area contributed by atoms with Gasteiger partial charge in [-0.25, -0.2) is 9.78 Å². The van der Waals surface area contributed by atoms with Crippen molar-refractivity contribution in [1.82, 2.24) is 4.98 Å². The average Bonchev–Trinajstić information content (AvgIpc) is 3.88. The summed E-state index contributed by atoms with van der Waals surface area (Å²) in [5.74, 6) is -0.357. The third kappa shape index (κ3) is 7.93. The summed E-state index contributed by atoms with van der Waals surface area (Å²) in [6.45, 7) is 12.2. The number of hydrogen-bond donors (Lipinski definition) is 1. The van der Waals surface area contributed by atoms with Gasteiger partial charge in [0.05, 0.1) is 18.6 Å². The number of carboxylic acid groups (broad SMARTS) is 1. The zero-order valence-corrected chi connectivity index (χ0v) is 28.7. The Morgan fingerprint density at radius 1 is 0.917 bits per heavy atom. The topological polar surface area (TPSA) is 106 Å². The summed E-state index contributed by atoms with van der Waals surface area (Å²) in [6.07, 6.45) is 1.99. The van der Waals surface area contributed by atoms with Gasteiger partial charge >= 0.3 is 11.9 Å². The number of carbonyl (C=O) groups is 3. The Morgan fingerprint density at radius 2 is 1.62 bits per heavy atom. The lowest BCUT2D eigenvalue weighted by Crippen LogP contribution is -2.38. The number of anilines is 1. The van der Waals surface area contributed by atoms with Crippen LogP contribution in [0, 0.1) is 31.1 Å². The zero-order valence-electron chi connectivity index (χ0n) is 28.7. The first kappa shape index (κ1) is 34.4. The minimum absolute atomic E-state index is 0.136. The van der Waals surface area contributed by atoms with Gasteiger partial charge in [0.15, 0.2) is 0 Å². The summed E-state index contributed by atoms with van der Waals surface area (Å²) in [5.41, 5.74) is 4.44. The highest BCUT2D eigenvalue weighted by Gasteiger charge is 2.38. The van der Waals surface area contributed by atoms with Crippen LogP contribution in [0.2, 0.25) is 0 Å². The predicted molar refractivity (Wildman–Crippen MR) is 187 cm³/mol. The molecule has 8 nitrogen and oxygen atoms in total. The number of carboxylic acids is 1. The lowest BCUT2D eigenvalue weighted by molar-refractivity contribution is -0.142. The summed E-state index contributed by atoms with van der Waals surface area (Å²) in [4.78, 5) is 45.9. The van der Waals surface area contributed by atoms with Crippen molar-refractivity contribution in [2.75, 3.05) is 18.6 Å². The molecule has 0 radical (unpaired) electrons. The number of amides is 1. The van der Waals surface area contributed by atoms with Crippen molar-refractivity contribution < 1.29 is 29.0 Å². The fourth-order valence-electron chi connectivity index (χ4n) is 6.22. The van der Waals surface area contributed by atoms with Crippen LogP contribution >= 0.6 is 0 Å². The van der Waals surface area contributed by atoms with Crippen molar-refractivity contribution in [2.24, 2.45) is 17.3 Å². The van der Waals surface area contributed by atoms with Crippen molar-refractivity contribution >= 4 is 23.7 Å². The normalized spacial score (nSPS) is 14.1. The summed E-state index contributed by atoms with van der Waals surface area (Å²) < 4.78 is 11.4. The number of esters is 1. The molecule has 0 bridgehead atoms. The molecular weight excluding hydrogens is 604 g/mol. The van der Waals surface area contributed by atoms with Gasteiger partial charge < -0.3 is 14.6 Å². The summed E-state index contributed by atoms with van der Waals surface area (Å²) >= 11 is 0. The number of nitrogens with zero attached hydrogens (tertiary/aromatic N) is 2. The minimum Gasteiger partial charge on any atom is -0.497 e. The smallest absolute Gasteiger partial charge is 0.343 e. The molecule has 0 aliphatic heterocycles. The fourth-order valence-corrected chi connectivity index (χ4v) is 6.22. The molecule has 1 aromatic heterocycles. The first-order valence-electron chi connectivity index (χ1n) is 16.4. The van der Waals surface area contributed by atoms with Crippen LogP contribution in [0.25, 0.3) is 11.1 Å². The van der Waals surface area contributed by atoms with E-state index in [4.69, 9.17) is 9.47 Å². The molecule has 1 fully saturated rings. The van der Waals surface area contributed by atoms with E-state index in [1.165, 1.54) is 0 Å². The molecule has 4 aromatic rings. The number of aryl methyl sites for hydroxylation is 2. The van der Waals surface area contributed by atoms with Gasteiger partial charge in [0.2, 0.25) is 0 Å². The quantitative estimate of drug-likeness (QED) is 0.128. The van der Waals surface area contributed by atoms with Gasteiger partial charge in [0.25, 0.3) is 5.91 Å². The summed E-state index contributed by atoms with van der Waals surface area (Å²) in [7, 11) is 1.58. The molecule has 3 aromatic carbocycles. The van der Waals surface area contributed by atoms with E-state index in [-0.39, 0.29) is 17.2 Å². The second-order valence-electron chi connectivity index (χ2n) is 14.0. The molecule has 48 heavy (non-hydrogen) atoms. The molecule has 250 valence electrons. The highest BCUT2D eigenvalue weighted by atomic mass is 16.5. The van der Waals surface area contributed by atoms with Crippen LogP contribution in [0.4, 0.5) is 5.82 Å². The van der Waals surface area contributed by atoms with Gasteiger partial charge in [-0.3, -0.25) is 14.5 Å². The van der Waals surface area contributed by atoms with E-state index < -0.39 is 17.9 Å². The van der Waals surface area contributed by atoms with Crippen molar-refractivity contribution in [1.29, 1.82) is 0 Å². The molecule has 1 amide bonds. The number of rotatable bonds is 11. The maximum Gasteiger partial charge on any atom is 0.343 e. The second-order valence-corrected chi connectivity index (χ2v) is 14.0. The number of hydrogen-bond acceptors (Lipinski definition) is 6. The van der Waals surface area contributed by atoms with Gasteiger partial charge in [0.1, 0.15) is 17.3 Å². The Bertz CT molecular complexity index is 1840. The summed E-state index contributed by atoms with van der Waals surface area (Å²) in [6, 6.07) is 23.6. The van der Waals surface area contributed by atoms with Crippen molar-refractivity contribution in [3.8, 4) is 22.6 Å². The van der Waals surface area contributed by atoms with Crippen LogP contribution in [-0.2, 0) is 4.79 Å². The van der Waals surface area contributed by atoms with Crippen LogP contribution in [0.5, 0.6) is 11.5 Å². The Kier molecular flexibility index (Phi) is 10.0. The molecule has 2 unspecified atom stereocenters. The Morgan fingerprint density at radius 3 is 2.25 bits per heavy atom. The molecule has 1 aliphatic carbocycles. The van der Waals surface area contributed by atoms with E-state index in [9.17, 15) is 19.5 Å². The Hall–Kier alpha value is -4.98. The molecule has 1 heterocycles. The maximum absolute atomic E-state index is 14.3. The number of pyridine rings is 1. The molecule has 0 spiro atoms. The molecule has 1 aliphatic rings. The number of benzene rings is 3. The predicted octanol–water partition coefficient (Wildman–Crippen LogP) is 8.50. The zero-order chi connectivity index (χ0) is 34.7. The number of ether oxygens (including phenoxy) is 2. The molecule has 0 saturated heterocycles. The Labute approximate surface area is 282 Å². The maximum atomic E-state index is 14.3. The largest absolute Gasteiger partial charge is 0.497 e. The standard InChI is InChI=1S/C40H44N2O6/c1-24-20-28(16-18-32(24)39(46)48-31-12-9-11-29(21-31)36(27-14-15-27)26(3)38(44)45)34-22-30(47-7)17-19-33(34)37(43)42(23-40(4,5)6)35-13-8-10-25(2)41-35/h8-13,16-22,26-27,36H,14-15,23H2,1-7H3,(H,44,45). The molecule has 1 saturated carbocycles. The SMILES string of the molecule is COc1ccc(C(=O)N(CC(C)(C)C)c2cccc(C)n2)c(-c2ccc(C(=O)Oc3cccc(C(C4CC4)C(C)C(=O)O)c3)c(C)c2)c1. The van der Waals surface area contributed by atoms with Crippen molar-refractivity contribution in [3.05, 3.63) is 107 Å². The molecule has 8 heteroatoms. The van der Waals surface area contributed by atoms with E-state index in [0.29, 0.717) is 52.0 Å². The lowest BCUT2D eigenvalue weighted by Gasteiger charge is -2.30.